The minimum Gasteiger partial charge on any atom is -0.335 e. The summed E-state index contributed by atoms with van der Waals surface area (Å²) < 4.78 is 0. The molecule has 1 fully saturated rings. The lowest BCUT2D eigenvalue weighted by Crippen LogP contribution is -2.43. The first-order valence-corrected chi connectivity index (χ1v) is 8.13. The number of aryl methyl sites for hydroxylation is 1. The Labute approximate surface area is 132 Å². The van der Waals surface area contributed by atoms with Gasteiger partial charge in [-0.1, -0.05) is 17.8 Å². The molecule has 3 rings (SSSR count). The number of rotatable bonds is 4. The van der Waals surface area contributed by atoms with Crippen LogP contribution in [-0.4, -0.2) is 33.2 Å². The SMILES string of the molecule is Cc1ccc2nc(SC(C)C(=O)NC(=O)NC3CC3)[nH]c2c1. The molecule has 1 unspecified atom stereocenters. The Kier molecular flexibility index (Phi) is 4.06. The Balaban J connectivity index is 1.60. The van der Waals surface area contributed by atoms with Crippen molar-refractivity contribution in [2.45, 2.75) is 43.1 Å². The van der Waals surface area contributed by atoms with Gasteiger partial charge < -0.3 is 10.3 Å². The summed E-state index contributed by atoms with van der Waals surface area (Å²) in [6.07, 6.45) is 1.98. The number of imide groups is 1. The molecule has 1 aromatic heterocycles. The van der Waals surface area contributed by atoms with Gasteiger partial charge in [0, 0.05) is 6.04 Å². The van der Waals surface area contributed by atoms with Crippen molar-refractivity contribution in [3.05, 3.63) is 23.8 Å². The van der Waals surface area contributed by atoms with Crippen LogP contribution >= 0.6 is 11.8 Å². The molecule has 0 radical (unpaired) electrons. The van der Waals surface area contributed by atoms with Crippen molar-refractivity contribution in [3.8, 4) is 0 Å². The molecule has 1 aliphatic rings. The number of nitrogens with one attached hydrogen (secondary N) is 3. The number of amides is 3. The van der Waals surface area contributed by atoms with E-state index in [-0.39, 0.29) is 11.9 Å². The Morgan fingerprint density at radius 1 is 1.41 bits per heavy atom. The summed E-state index contributed by atoms with van der Waals surface area (Å²) in [5.41, 5.74) is 2.96. The van der Waals surface area contributed by atoms with E-state index >= 15 is 0 Å². The van der Waals surface area contributed by atoms with E-state index in [0.717, 1.165) is 29.4 Å². The minimum atomic E-state index is -0.416. The van der Waals surface area contributed by atoms with Crippen LogP contribution in [0.4, 0.5) is 4.79 Å². The maximum Gasteiger partial charge on any atom is 0.321 e. The summed E-state index contributed by atoms with van der Waals surface area (Å²) in [6.45, 7) is 3.77. The van der Waals surface area contributed by atoms with Crippen LogP contribution in [0.25, 0.3) is 11.0 Å². The highest BCUT2D eigenvalue weighted by Crippen LogP contribution is 2.24. The molecule has 1 heterocycles. The maximum atomic E-state index is 12.0. The molecule has 3 N–H and O–H groups in total. The fraction of sp³-hybridized carbons (Fsp3) is 0.400. The molecule has 1 aliphatic carbocycles. The van der Waals surface area contributed by atoms with Crippen LogP contribution in [0.2, 0.25) is 0 Å². The van der Waals surface area contributed by atoms with E-state index in [2.05, 4.69) is 20.6 Å². The van der Waals surface area contributed by atoms with E-state index in [0.29, 0.717) is 5.16 Å². The molecule has 22 heavy (non-hydrogen) atoms. The molecule has 1 saturated carbocycles. The number of urea groups is 1. The molecule has 0 bridgehead atoms. The predicted octanol–water partition coefficient (Wildman–Crippen LogP) is 2.34. The second-order valence-electron chi connectivity index (χ2n) is 5.56. The Bertz CT molecular complexity index is 723. The summed E-state index contributed by atoms with van der Waals surface area (Å²) in [7, 11) is 0. The van der Waals surface area contributed by atoms with Crippen LogP contribution in [0.1, 0.15) is 25.3 Å². The van der Waals surface area contributed by atoms with Crippen LogP contribution in [0, 0.1) is 6.92 Å². The standard InChI is InChI=1S/C15H18N4O2S/c1-8-3-6-11-12(7-8)18-15(17-11)22-9(2)13(20)19-14(21)16-10-4-5-10/h3,6-7,9-10H,4-5H2,1-2H3,(H,17,18)(H2,16,19,20,21). The third kappa shape index (κ3) is 3.59. The fourth-order valence-electron chi connectivity index (χ4n) is 2.04. The lowest BCUT2D eigenvalue weighted by molar-refractivity contribution is -0.119. The molecule has 2 aromatic rings. The average molecular weight is 318 g/mol. The van der Waals surface area contributed by atoms with Gasteiger partial charge in [-0.05, 0) is 44.4 Å². The highest BCUT2D eigenvalue weighted by atomic mass is 32.2. The van der Waals surface area contributed by atoms with Crippen molar-refractivity contribution in [2.24, 2.45) is 0 Å². The summed E-state index contributed by atoms with van der Waals surface area (Å²) >= 11 is 1.30. The number of hydrogen-bond donors (Lipinski definition) is 3. The monoisotopic (exact) mass is 318 g/mol. The van der Waals surface area contributed by atoms with Gasteiger partial charge in [-0.15, -0.1) is 0 Å². The molecular weight excluding hydrogens is 300 g/mol. The van der Waals surface area contributed by atoms with Gasteiger partial charge in [0.25, 0.3) is 0 Å². The van der Waals surface area contributed by atoms with Crippen LogP contribution in [0.3, 0.4) is 0 Å². The number of thioether (sulfide) groups is 1. The van der Waals surface area contributed by atoms with Crippen molar-refractivity contribution in [1.82, 2.24) is 20.6 Å². The Hall–Kier alpha value is -2.02. The number of benzene rings is 1. The van der Waals surface area contributed by atoms with E-state index in [1.165, 1.54) is 11.8 Å². The largest absolute Gasteiger partial charge is 0.335 e. The van der Waals surface area contributed by atoms with Crippen LogP contribution in [0.15, 0.2) is 23.4 Å². The van der Waals surface area contributed by atoms with E-state index < -0.39 is 11.3 Å². The second-order valence-corrected chi connectivity index (χ2v) is 6.89. The Morgan fingerprint density at radius 3 is 2.91 bits per heavy atom. The number of aromatic amines is 1. The highest BCUT2D eigenvalue weighted by molar-refractivity contribution is 8.00. The van der Waals surface area contributed by atoms with Gasteiger partial charge in [0.15, 0.2) is 5.16 Å². The van der Waals surface area contributed by atoms with Crippen molar-refractivity contribution in [1.29, 1.82) is 0 Å². The Morgan fingerprint density at radius 2 is 2.18 bits per heavy atom. The van der Waals surface area contributed by atoms with E-state index in [9.17, 15) is 9.59 Å². The summed E-state index contributed by atoms with van der Waals surface area (Å²) in [5.74, 6) is -0.320. The highest BCUT2D eigenvalue weighted by Gasteiger charge is 2.25. The lowest BCUT2D eigenvalue weighted by Gasteiger charge is -2.10. The number of hydrogen-bond acceptors (Lipinski definition) is 4. The molecule has 7 heteroatoms. The summed E-state index contributed by atoms with van der Waals surface area (Å²) in [6, 6.07) is 5.77. The lowest BCUT2D eigenvalue weighted by atomic mass is 10.2. The first-order chi connectivity index (χ1) is 10.5. The smallest absolute Gasteiger partial charge is 0.321 e. The quantitative estimate of drug-likeness (QED) is 0.755. The van der Waals surface area contributed by atoms with Gasteiger partial charge in [0.1, 0.15) is 0 Å². The van der Waals surface area contributed by atoms with Gasteiger partial charge >= 0.3 is 6.03 Å². The molecule has 0 aliphatic heterocycles. The maximum absolute atomic E-state index is 12.0. The van der Waals surface area contributed by atoms with Crippen molar-refractivity contribution < 1.29 is 9.59 Å². The van der Waals surface area contributed by atoms with Gasteiger partial charge in [-0.25, -0.2) is 9.78 Å². The number of aromatic nitrogens is 2. The van der Waals surface area contributed by atoms with Crippen molar-refractivity contribution >= 4 is 34.7 Å². The molecular formula is C15H18N4O2S. The molecule has 6 nitrogen and oxygen atoms in total. The number of carbonyl (C=O) groups is 2. The number of fused-ring (bicyclic) bond motifs is 1. The number of H-pyrrole nitrogens is 1. The van der Waals surface area contributed by atoms with Crippen LogP contribution in [-0.2, 0) is 4.79 Å². The normalized spacial score (nSPS) is 15.5. The van der Waals surface area contributed by atoms with Crippen molar-refractivity contribution in [3.63, 3.8) is 0 Å². The zero-order valence-electron chi connectivity index (χ0n) is 12.5. The fourth-order valence-corrected chi connectivity index (χ4v) is 2.86. The molecule has 116 valence electrons. The molecule has 0 saturated heterocycles. The summed E-state index contributed by atoms with van der Waals surface area (Å²) in [4.78, 5) is 31.2. The predicted molar refractivity (Wildman–Crippen MR) is 85.8 cm³/mol. The first-order valence-electron chi connectivity index (χ1n) is 7.25. The molecule has 1 atom stereocenters. The van der Waals surface area contributed by atoms with Crippen LogP contribution < -0.4 is 10.6 Å². The molecule has 3 amide bonds. The zero-order chi connectivity index (χ0) is 15.7. The third-order valence-electron chi connectivity index (χ3n) is 3.42. The minimum absolute atomic E-state index is 0.231. The molecule has 1 aromatic carbocycles. The van der Waals surface area contributed by atoms with E-state index in [1.54, 1.807) is 6.92 Å². The summed E-state index contributed by atoms with van der Waals surface area (Å²) in [5, 5.41) is 5.35. The number of imidazole rings is 1. The topological polar surface area (TPSA) is 86.9 Å². The number of nitrogens with zero attached hydrogens (tertiary/aromatic N) is 1. The molecule has 0 spiro atoms. The van der Waals surface area contributed by atoms with Gasteiger partial charge in [-0.3, -0.25) is 10.1 Å². The average Bonchev–Trinajstić information content (AvgIpc) is 3.16. The van der Waals surface area contributed by atoms with Gasteiger partial charge in [0.05, 0.1) is 16.3 Å². The first kappa shape index (κ1) is 14.9. The number of carbonyl (C=O) groups excluding carboxylic acids is 2. The van der Waals surface area contributed by atoms with E-state index in [4.69, 9.17) is 0 Å². The van der Waals surface area contributed by atoms with Crippen molar-refractivity contribution in [2.75, 3.05) is 0 Å². The second kappa shape index (κ2) is 6.00. The van der Waals surface area contributed by atoms with Crippen LogP contribution in [0.5, 0.6) is 0 Å². The van der Waals surface area contributed by atoms with Gasteiger partial charge in [0.2, 0.25) is 5.91 Å². The van der Waals surface area contributed by atoms with Gasteiger partial charge in [-0.2, -0.15) is 0 Å². The van der Waals surface area contributed by atoms with E-state index in [1.807, 2.05) is 25.1 Å². The zero-order valence-corrected chi connectivity index (χ0v) is 13.3. The third-order valence-corrected chi connectivity index (χ3v) is 4.41.